The van der Waals surface area contributed by atoms with E-state index < -0.39 is 0 Å². The lowest BCUT2D eigenvalue weighted by atomic mass is 10.0. The van der Waals surface area contributed by atoms with Crippen LogP contribution in [0.5, 0.6) is 11.5 Å². The quantitative estimate of drug-likeness (QED) is 0.0497. The van der Waals surface area contributed by atoms with Crippen LogP contribution in [0.2, 0.25) is 0 Å². The molecule has 0 amide bonds. The zero-order valence-corrected chi connectivity index (χ0v) is 39.0. The third-order valence-corrected chi connectivity index (χ3v) is 12.2. The lowest BCUT2D eigenvalue weighted by Gasteiger charge is -2.31. The van der Waals surface area contributed by atoms with E-state index in [0.717, 1.165) is 114 Å². The standard InChI is InChI=1S/C55H72N6O2/c1-7-8-9-10-11-12-13-14-15-16-38-62-48-27-19-42(20-28-48)54-50-31-23-44(56-50)40-46-25-33-52(58-46)55(53-34-26-47(59-53)41-45-24-32-51(54)57-45)43-21-29-49(30-22-43)63-39-18-37-61(5,6)36-17-35-60(2,3)4/h19-34,40-41,58-59H,7-18,35-39H2,1-6H3/q+2. The van der Waals surface area contributed by atoms with Gasteiger partial charge in [-0.1, -0.05) is 89.0 Å². The van der Waals surface area contributed by atoms with Crippen molar-refractivity contribution in [3.8, 4) is 33.8 Å². The molecule has 0 radical (unpaired) electrons. The highest BCUT2D eigenvalue weighted by molar-refractivity contribution is 5.94. The van der Waals surface area contributed by atoms with Crippen LogP contribution in [-0.2, 0) is 0 Å². The SMILES string of the molecule is CCCCCCCCCCCCOc1ccc(-c2c3nc(cc4ccc([nH]4)c(-c4ccc(OCCC[N+](C)(C)CCC[N+](C)(C)C)cc4)c4ccc(cc5nc2C=C5)[nH]4)C=C3)cc1. The fourth-order valence-electron chi connectivity index (χ4n) is 8.66. The largest absolute Gasteiger partial charge is 0.494 e. The summed E-state index contributed by atoms with van der Waals surface area (Å²) in [5, 5.41) is 0. The maximum Gasteiger partial charge on any atom is 0.119 e. The van der Waals surface area contributed by atoms with Crippen LogP contribution in [0.4, 0.5) is 0 Å². The van der Waals surface area contributed by atoms with Crippen molar-refractivity contribution >= 4 is 46.4 Å². The molecule has 0 atom stereocenters. The summed E-state index contributed by atoms with van der Waals surface area (Å²) in [6.07, 6.45) is 23.8. The van der Waals surface area contributed by atoms with Crippen LogP contribution in [0.15, 0.2) is 84.9 Å². The number of H-pyrrole nitrogens is 2. The Kier molecular flexibility index (Phi) is 15.7. The van der Waals surface area contributed by atoms with E-state index in [9.17, 15) is 0 Å². The van der Waals surface area contributed by atoms with Gasteiger partial charge in [-0.2, -0.15) is 0 Å². The number of aromatic amines is 2. The number of hydrogen-bond acceptors (Lipinski definition) is 4. The highest BCUT2D eigenvalue weighted by Crippen LogP contribution is 2.34. The Labute approximate surface area is 376 Å². The minimum Gasteiger partial charge on any atom is -0.494 e. The number of unbranched alkanes of at least 4 members (excludes halogenated alkanes) is 9. The summed E-state index contributed by atoms with van der Waals surface area (Å²) < 4.78 is 14.5. The first kappa shape index (κ1) is 45.6. The maximum absolute atomic E-state index is 6.26. The predicted octanol–water partition coefficient (Wildman–Crippen LogP) is 13.2. The van der Waals surface area contributed by atoms with Crippen LogP contribution in [-0.4, -0.2) is 97.0 Å². The summed E-state index contributed by atoms with van der Waals surface area (Å²) in [5.74, 6) is 1.79. The lowest BCUT2D eigenvalue weighted by Crippen LogP contribution is -2.44. The van der Waals surface area contributed by atoms with E-state index in [4.69, 9.17) is 19.4 Å². The van der Waals surface area contributed by atoms with Gasteiger partial charge < -0.3 is 28.4 Å². The fourth-order valence-corrected chi connectivity index (χ4v) is 8.66. The molecule has 2 aliphatic rings. The number of hydrogen-bond donors (Lipinski definition) is 2. The molecule has 0 fully saturated rings. The molecule has 8 nitrogen and oxygen atoms in total. The third kappa shape index (κ3) is 13.5. The third-order valence-electron chi connectivity index (χ3n) is 12.2. The zero-order chi connectivity index (χ0) is 44.1. The maximum atomic E-state index is 6.26. The van der Waals surface area contributed by atoms with Crippen molar-refractivity contribution in [3.05, 3.63) is 108 Å². The van der Waals surface area contributed by atoms with Crippen LogP contribution in [0.3, 0.4) is 0 Å². The van der Waals surface area contributed by atoms with Gasteiger partial charge in [0.05, 0.1) is 90.9 Å². The molecule has 3 aromatic heterocycles. The van der Waals surface area contributed by atoms with Gasteiger partial charge in [0.2, 0.25) is 0 Å². The minimum atomic E-state index is 0.702. The van der Waals surface area contributed by atoms with E-state index in [1.807, 2.05) is 0 Å². The predicted molar refractivity (Wildman–Crippen MR) is 267 cm³/mol. The Bertz CT molecular complexity index is 2370. The first-order chi connectivity index (χ1) is 30.5. The second-order valence-electron chi connectivity index (χ2n) is 19.2. The van der Waals surface area contributed by atoms with Crippen LogP contribution in [0, 0.1) is 0 Å². The van der Waals surface area contributed by atoms with Gasteiger partial charge in [0.1, 0.15) is 11.5 Å². The molecule has 0 saturated heterocycles. The number of rotatable bonds is 23. The normalized spacial score (nSPS) is 12.6. The van der Waals surface area contributed by atoms with Gasteiger partial charge in [0.25, 0.3) is 0 Å². The van der Waals surface area contributed by atoms with Crippen LogP contribution in [0.1, 0.15) is 107 Å². The molecule has 7 rings (SSSR count). The van der Waals surface area contributed by atoms with Crippen molar-refractivity contribution in [1.29, 1.82) is 0 Å². The molecule has 8 bridgehead atoms. The molecule has 0 aliphatic carbocycles. The van der Waals surface area contributed by atoms with Crippen LogP contribution < -0.4 is 9.47 Å². The van der Waals surface area contributed by atoms with Crippen LogP contribution in [0.25, 0.3) is 68.6 Å². The number of quaternary nitrogens is 2. The first-order valence-electron chi connectivity index (χ1n) is 23.7. The summed E-state index contributed by atoms with van der Waals surface area (Å²) in [4.78, 5) is 17.7. The van der Waals surface area contributed by atoms with E-state index in [0.29, 0.717) is 6.61 Å². The molecular formula is C55H72N6O2+2. The Hall–Kier alpha value is -5.44. The van der Waals surface area contributed by atoms with E-state index in [2.05, 4.69) is 161 Å². The molecule has 63 heavy (non-hydrogen) atoms. The van der Waals surface area contributed by atoms with E-state index in [1.54, 1.807) is 0 Å². The average molecular weight is 849 g/mol. The Morgan fingerprint density at radius 1 is 0.460 bits per heavy atom. The molecule has 5 aromatic rings. The van der Waals surface area contributed by atoms with E-state index in [1.165, 1.54) is 77.3 Å². The zero-order valence-electron chi connectivity index (χ0n) is 39.0. The second kappa shape index (κ2) is 21.8. The average Bonchev–Trinajstić information content (AvgIpc) is 4.10. The summed E-state index contributed by atoms with van der Waals surface area (Å²) in [6.45, 7) is 7.19. The summed E-state index contributed by atoms with van der Waals surface area (Å²) >= 11 is 0. The highest BCUT2D eigenvalue weighted by Gasteiger charge is 2.18. The van der Waals surface area contributed by atoms with Crippen molar-refractivity contribution in [1.82, 2.24) is 19.9 Å². The van der Waals surface area contributed by atoms with Crippen LogP contribution >= 0.6 is 0 Å². The van der Waals surface area contributed by atoms with Gasteiger partial charge >= 0.3 is 0 Å². The van der Waals surface area contributed by atoms with Gasteiger partial charge in [-0.25, -0.2) is 9.97 Å². The summed E-state index contributed by atoms with van der Waals surface area (Å²) in [7, 11) is 11.5. The molecular weight excluding hydrogens is 777 g/mol. The monoisotopic (exact) mass is 849 g/mol. The molecule has 0 saturated carbocycles. The smallest absolute Gasteiger partial charge is 0.119 e. The van der Waals surface area contributed by atoms with E-state index >= 15 is 0 Å². The molecule has 8 heteroatoms. The number of aromatic nitrogens is 4. The van der Waals surface area contributed by atoms with Gasteiger partial charge in [-0.15, -0.1) is 0 Å². The number of ether oxygens (including phenoxy) is 2. The Balaban J connectivity index is 1.06. The molecule has 2 aliphatic heterocycles. The van der Waals surface area contributed by atoms with Crippen molar-refractivity contribution in [2.45, 2.75) is 84.0 Å². The summed E-state index contributed by atoms with van der Waals surface area (Å²) in [6, 6.07) is 29.7. The number of nitrogens with zero attached hydrogens (tertiary/aromatic N) is 4. The molecule has 2 aromatic carbocycles. The number of fused-ring (bicyclic) bond motifs is 8. The number of benzene rings is 2. The lowest BCUT2D eigenvalue weighted by molar-refractivity contribution is -0.902. The van der Waals surface area contributed by atoms with Gasteiger partial charge in [0.15, 0.2) is 0 Å². The molecule has 5 heterocycles. The van der Waals surface area contributed by atoms with Crippen molar-refractivity contribution in [3.63, 3.8) is 0 Å². The number of nitrogens with one attached hydrogen (secondary N) is 2. The van der Waals surface area contributed by atoms with Crippen molar-refractivity contribution in [2.75, 3.05) is 68.1 Å². The van der Waals surface area contributed by atoms with E-state index in [-0.39, 0.29) is 0 Å². The Morgan fingerprint density at radius 2 is 0.921 bits per heavy atom. The Morgan fingerprint density at radius 3 is 1.43 bits per heavy atom. The summed E-state index contributed by atoms with van der Waals surface area (Å²) in [5.41, 5.74) is 11.8. The molecule has 0 spiro atoms. The fraction of sp³-hybridized carbons (Fsp3) is 0.418. The van der Waals surface area contributed by atoms with Crippen molar-refractivity contribution in [2.24, 2.45) is 0 Å². The molecule has 2 N–H and O–H groups in total. The van der Waals surface area contributed by atoms with Gasteiger partial charge in [-0.05, 0) is 103 Å². The van der Waals surface area contributed by atoms with Gasteiger partial charge in [-0.3, -0.25) is 0 Å². The first-order valence-corrected chi connectivity index (χ1v) is 23.7. The molecule has 332 valence electrons. The second-order valence-corrected chi connectivity index (χ2v) is 19.2. The topological polar surface area (TPSA) is 75.8 Å². The highest BCUT2D eigenvalue weighted by atomic mass is 16.5. The molecule has 0 unspecified atom stereocenters. The van der Waals surface area contributed by atoms with Crippen molar-refractivity contribution < 1.29 is 18.4 Å². The minimum absolute atomic E-state index is 0.702. The van der Waals surface area contributed by atoms with Gasteiger partial charge in [0, 0.05) is 46.0 Å².